The molecule has 3 rings (SSSR count). The molecule has 12 heteroatoms. The average Bonchev–Trinajstić information content (AvgIpc) is 2.91. The van der Waals surface area contributed by atoms with Crippen LogP contribution in [0.15, 0.2) is 71.6 Å². The Morgan fingerprint density at radius 3 is 2.33 bits per heavy atom. The molecule has 8 nitrogen and oxygen atoms in total. The Balaban J connectivity index is 1.82. The quantitative estimate of drug-likeness (QED) is 0.289. The van der Waals surface area contributed by atoms with E-state index in [0.29, 0.717) is 35.2 Å². The maximum atomic E-state index is 13.3. The van der Waals surface area contributed by atoms with Gasteiger partial charge >= 0.3 is 22.3 Å². The summed E-state index contributed by atoms with van der Waals surface area (Å²) in [7, 11) is -1.57. The van der Waals surface area contributed by atoms with Gasteiger partial charge in [0, 0.05) is 18.7 Å². The minimum absolute atomic E-state index is 0.0973. The lowest BCUT2D eigenvalue weighted by atomic mass is 10.1. The summed E-state index contributed by atoms with van der Waals surface area (Å²) in [5.74, 6) is 0.855. The molecule has 0 bridgehead atoms. The Morgan fingerprint density at radius 2 is 1.69 bits per heavy atom. The van der Waals surface area contributed by atoms with Gasteiger partial charge in [0.2, 0.25) is 0 Å². The van der Waals surface area contributed by atoms with E-state index in [1.54, 1.807) is 29.2 Å². The van der Waals surface area contributed by atoms with E-state index < -0.39 is 32.8 Å². The zero-order valence-electron chi connectivity index (χ0n) is 21.8. The number of hydrogen-bond acceptors (Lipinski definition) is 6. The largest absolute Gasteiger partial charge is 0.497 e. The van der Waals surface area contributed by atoms with Crippen LogP contribution in [0.3, 0.4) is 0 Å². The van der Waals surface area contributed by atoms with Gasteiger partial charge in [0.05, 0.1) is 25.5 Å². The van der Waals surface area contributed by atoms with Gasteiger partial charge in [0.25, 0.3) is 0 Å². The molecule has 1 unspecified atom stereocenters. The van der Waals surface area contributed by atoms with Gasteiger partial charge in [-0.25, -0.2) is 4.79 Å². The third-order valence-corrected chi connectivity index (χ3v) is 7.18. The van der Waals surface area contributed by atoms with Gasteiger partial charge in [-0.3, -0.25) is 0 Å². The normalized spacial score (nSPS) is 12.4. The first kappa shape index (κ1) is 29.6. The van der Waals surface area contributed by atoms with Gasteiger partial charge in [0.15, 0.2) is 0 Å². The second kappa shape index (κ2) is 12.3. The van der Waals surface area contributed by atoms with E-state index in [4.69, 9.17) is 13.7 Å². The fourth-order valence-corrected chi connectivity index (χ4v) is 4.60. The molecule has 0 saturated heterocycles. The molecule has 1 atom stereocenters. The Bertz CT molecular complexity index is 1410. The fourth-order valence-electron chi connectivity index (χ4n) is 3.63. The zero-order valence-corrected chi connectivity index (χ0v) is 22.6. The molecule has 3 aromatic rings. The summed E-state index contributed by atoms with van der Waals surface area (Å²) in [4.78, 5) is 14.2. The van der Waals surface area contributed by atoms with Crippen molar-refractivity contribution in [2.75, 3.05) is 19.5 Å². The van der Waals surface area contributed by atoms with E-state index in [1.807, 2.05) is 13.8 Å². The van der Waals surface area contributed by atoms with Gasteiger partial charge < -0.3 is 23.9 Å². The first-order valence-electron chi connectivity index (χ1n) is 11.9. The molecule has 0 aliphatic rings. The smallest absolute Gasteiger partial charge is 0.416 e. The molecule has 0 heterocycles. The molecule has 0 aliphatic heterocycles. The number of carbonyl (C=O) groups excluding carboxylic acids is 1. The Morgan fingerprint density at radius 1 is 0.974 bits per heavy atom. The molecule has 210 valence electrons. The maximum Gasteiger partial charge on any atom is 0.416 e. The average molecular weight is 567 g/mol. The standard InChI is InChI=1S/C27H29F3N2O6S/c1-5-18(2)32(26(33)31-24-13-12-21(36-3)16-25(24)37-4)17-19-8-6-10-22(14-19)38-39(34,35)23-11-7-9-20(15-23)27(28,29)30/h6-16,18H,5,17H2,1-4H3,(H,31,33). The molecule has 1 N–H and O–H groups in total. The summed E-state index contributed by atoms with van der Waals surface area (Å²) in [5.41, 5.74) is -0.130. The van der Waals surface area contributed by atoms with Crippen molar-refractivity contribution in [3.8, 4) is 17.2 Å². The lowest BCUT2D eigenvalue weighted by Gasteiger charge is -2.29. The summed E-state index contributed by atoms with van der Waals surface area (Å²) >= 11 is 0. The molecular formula is C27H29F3N2O6S. The van der Waals surface area contributed by atoms with Gasteiger partial charge in [-0.15, -0.1) is 0 Å². The fraction of sp³-hybridized carbons (Fsp3) is 0.296. The number of rotatable bonds is 10. The number of benzene rings is 3. The maximum absolute atomic E-state index is 13.3. The second-order valence-electron chi connectivity index (χ2n) is 8.59. The van der Waals surface area contributed by atoms with Crippen LogP contribution in [0.4, 0.5) is 23.7 Å². The van der Waals surface area contributed by atoms with Gasteiger partial charge in [-0.1, -0.05) is 25.1 Å². The van der Waals surface area contributed by atoms with E-state index >= 15 is 0 Å². The van der Waals surface area contributed by atoms with Crippen molar-refractivity contribution in [1.29, 1.82) is 0 Å². The van der Waals surface area contributed by atoms with Crippen molar-refractivity contribution >= 4 is 21.8 Å². The number of methoxy groups -OCH3 is 2. The van der Waals surface area contributed by atoms with Crippen molar-refractivity contribution in [3.05, 3.63) is 77.9 Å². The molecule has 0 aromatic heterocycles. The Labute approximate surface area is 225 Å². The number of ether oxygens (including phenoxy) is 2. The molecule has 0 radical (unpaired) electrons. The van der Waals surface area contributed by atoms with Crippen LogP contribution < -0.4 is 19.0 Å². The molecule has 0 spiro atoms. The van der Waals surface area contributed by atoms with Crippen molar-refractivity contribution in [1.82, 2.24) is 4.90 Å². The van der Waals surface area contributed by atoms with Crippen molar-refractivity contribution in [2.45, 2.75) is 43.9 Å². The number of carbonyl (C=O) groups is 1. The molecular weight excluding hydrogens is 537 g/mol. The van der Waals surface area contributed by atoms with Crippen LogP contribution in [0.1, 0.15) is 31.4 Å². The second-order valence-corrected chi connectivity index (χ2v) is 10.1. The van der Waals surface area contributed by atoms with Crippen LogP contribution in [-0.2, 0) is 22.8 Å². The van der Waals surface area contributed by atoms with Crippen LogP contribution in [0.5, 0.6) is 17.2 Å². The summed E-state index contributed by atoms with van der Waals surface area (Å²) in [6, 6.07) is 13.6. The number of nitrogens with one attached hydrogen (secondary N) is 1. The van der Waals surface area contributed by atoms with E-state index in [9.17, 15) is 26.4 Å². The van der Waals surface area contributed by atoms with Crippen LogP contribution >= 0.6 is 0 Å². The number of hydrogen-bond donors (Lipinski definition) is 1. The van der Waals surface area contributed by atoms with Crippen LogP contribution in [0.25, 0.3) is 0 Å². The highest BCUT2D eigenvalue weighted by molar-refractivity contribution is 7.87. The molecule has 2 amide bonds. The predicted molar refractivity (Wildman–Crippen MR) is 140 cm³/mol. The first-order valence-corrected chi connectivity index (χ1v) is 13.3. The van der Waals surface area contributed by atoms with E-state index in [1.165, 1.54) is 32.4 Å². The lowest BCUT2D eigenvalue weighted by molar-refractivity contribution is -0.137. The highest BCUT2D eigenvalue weighted by Crippen LogP contribution is 2.32. The first-order chi connectivity index (χ1) is 18.4. The van der Waals surface area contributed by atoms with Gasteiger partial charge in [0.1, 0.15) is 22.1 Å². The van der Waals surface area contributed by atoms with Gasteiger partial charge in [-0.2, -0.15) is 21.6 Å². The number of anilines is 1. The number of nitrogens with zero attached hydrogens (tertiary/aromatic N) is 1. The number of halogens is 3. The molecule has 39 heavy (non-hydrogen) atoms. The molecule has 0 aliphatic carbocycles. The summed E-state index contributed by atoms with van der Waals surface area (Å²) in [6.45, 7) is 3.88. The Hall–Kier alpha value is -3.93. The van der Waals surface area contributed by atoms with E-state index in [0.717, 1.165) is 18.2 Å². The molecule has 3 aromatic carbocycles. The third kappa shape index (κ3) is 7.56. The summed E-state index contributed by atoms with van der Waals surface area (Å²) in [6.07, 6.45) is -4.07. The van der Waals surface area contributed by atoms with Crippen LogP contribution in [0, 0.1) is 0 Å². The monoisotopic (exact) mass is 566 g/mol. The molecule has 0 fully saturated rings. The van der Waals surface area contributed by atoms with Crippen molar-refractivity contribution < 1.29 is 40.0 Å². The summed E-state index contributed by atoms with van der Waals surface area (Å²) in [5, 5.41) is 2.83. The van der Waals surface area contributed by atoms with E-state index in [-0.39, 0.29) is 18.3 Å². The number of alkyl halides is 3. The predicted octanol–water partition coefficient (Wildman–Crippen LogP) is 6.32. The van der Waals surface area contributed by atoms with Gasteiger partial charge in [-0.05, 0) is 61.4 Å². The van der Waals surface area contributed by atoms with Crippen LogP contribution in [0.2, 0.25) is 0 Å². The highest BCUT2D eigenvalue weighted by Gasteiger charge is 2.32. The Kier molecular flexibility index (Phi) is 9.33. The number of urea groups is 1. The minimum atomic E-state index is -4.71. The summed E-state index contributed by atoms with van der Waals surface area (Å²) < 4.78 is 80.2. The highest BCUT2D eigenvalue weighted by atomic mass is 32.2. The number of amides is 2. The minimum Gasteiger partial charge on any atom is -0.497 e. The third-order valence-electron chi connectivity index (χ3n) is 5.94. The van der Waals surface area contributed by atoms with E-state index in [2.05, 4.69) is 5.32 Å². The zero-order chi connectivity index (χ0) is 28.8. The topological polar surface area (TPSA) is 94.2 Å². The van der Waals surface area contributed by atoms with Crippen LogP contribution in [-0.4, -0.2) is 39.6 Å². The van der Waals surface area contributed by atoms with Crippen molar-refractivity contribution in [2.24, 2.45) is 0 Å². The lowest BCUT2D eigenvalue weighted by Crippen LogP contribution is -2.40. The molecule has 0 saturated carbocycles. The SMILES string of the molecule is CCC(C)N(Cc1cccc(OS(=O)(=O)c2cccc(C(F)(F)F)c2)c1)C(=O)Nc1ccc(OC)cc1OC. The van der Waals surface area contributed by atoms with Crippen molar-refractivity contribution in [3.63, 3.8) is 0 Å².